The number of carboxylic acids is 1. The number of aliphatic carboxylic acids is 1. The molecule has 1 aromatic carbocycles. The van der Waals surface area contributed by atoms with E-state index in [1.54, 1.807) is 0 Å². The lowest BCUT2D eigenvalue weighted by Crippen LogP contribution is -2.50. The Morgan fingerprint density at radius 3 is 2.85 bits per heavy atom. The van der Waals surface area contributed by atoms with Crippen LogP contribution in [0.4, 0.5) is 0 Å². The van der Waals surface area contributed by atoms with Crippen LogP contribution < -0.4 is 4.74 Å². The van der Waals surface area contributed by atoms with E-state index in [9.17, 15) is 19.8 Å². The topological polar surface area (TPSA) is 87.1 Å². The minimum atomic E-state index is -1.03. The first-order valence-electron chi connectivity index (χ1n) is 6.03. The molecule has 1 saturated heterocycles. The van der Waals surface area contributed by atoms with E-state index in [4.69, 9.17) is 4.74 Å². The van der Waals surface area contributed by atoms with Gasteiger partial charge in [0.15, 0.2) is 0 Å². The fraction of sp³-hybridized carbons (Fsp3) is 0.385. The van der Waals surface area contributed by atoms with Crippen molar-refractivity contribution in [3.63, 3.8) is 0 Å². The molecule has 6 nitrogen and oxygen atoms in total. The molecular formula is C13H15NO5S. The van der Waals surface area contributed by atoms with E-state index in [1.165, 1.54) is 42.0 Å². The van der Waals surface area contributed by atoms with E-state index in [-0.39, 0.29) is 11.3 Å². The van der Waals surface area contributed by atoms with Gasteiger partial charge in [0, 0.05) is 18.1 Å². The van der Waals surface area contributed by atoms with Crippen molar-refractivity contribution in [2.45, 2.75) is 6.04 Å². The van der Waals surface area contributed by atoms with Gasteiger partial charge in [0.25, 0.3) is 5.91 Å². The monoisotopic (exact) mass is 297 g/mol. The maximum Gasteiger partial charge on any atom is 0.327 e. The van der Waals surface area contributed by atoms with Crippen LogP contribution in [0.5, 0.6) is 11.5 Å². The lowest BCUT2D eigenvalue weighted by atomic mass is 10.1. The third-order valence-corrected chi connectivity index (χ3v) is 4.13. The van der Waals surface area contributed by atoms with E-state index in [0.29, 0.717) is 23.8 Å². The lowest BCUT2D eigenvalue weighted by molar-refractivity contribution is -0.141. The molecule has 1 aliphatic heterocycles. The highest BCUT2D eigenvalue weighted by Gasteiger charge is 2.33. The number of benzene rings is 1. The number of carbonyl (C=O) groups is 2. The summed E-state index contributed by atoms with van der Waals surface area (Å²) in [5.74, 6) is -0.240. The van der Waals surface area contributed by atoms with Gasteiger partial charge in [0.2, 0.25) is 0 Å². The number of aromatic hydroxyl groups is 1. The summed E-state index contributed by atoms with van der Waals surface area (Å²) in [5, 5.41) is 19.0. The first-order valence-corrected chi connectivity index (χ1v) is 7.18. The number of hydrogen-bond acceptors (Lipinski definition) is 5. The van der Waals surface area contributed by atoms with Crippen molar-refractivity contribution in [2.24, 2.45) is 0 Å². The van der Waals surface area contributed by atoms with Crippen LogP contribution in [0, 0.1) is 0 Å². The molecule has 2 N–H and O–H groups in total. The number of phenolic OH excluding ortho intramolecular Hbond substituents is 1. The molecule has 1 heterocycles. The van der Waals surface area contributed by atoms with Crippen LogP contribution in [0.15, 0.2) is 18.2 Å². The molecule has 1 aromatic rings. The third kappa shape index (κ3) is 2.82. The summed E-state index contributed by atoms with van der Waals surface area (Å²) in [6.45, 7) is 0.344. The normalized spacial score (nSPS) is 18.6. The van der Waals surface area contributed by atoms with Crippen molar-refractivity contribution >= 4 is 23.6 Å². The highest BCUT2D eigenvalue weighted by atomic mass is 32.2. The van der Waals surface area contributed by atoms with Gasteiger partial charge in [-0.15, -0.1) is 0 Å². The Morgan fingerprint density at radius 1 is 1.45 bits per heavy atom. The van der Waals surface area contributed by atoms with E-state index >= 15 is 0 Å². The van der Waals surface area contributed by atoms with E-state index < -0.39 is 17.9 Å². The van der Waals surface area contributed by atoms with Crippen LogP contribution in [0.2, 0.25) is 0 Å². The van der Waals surface area contributed by atoms with Gasteiger partial charge in [0.1, 0.15) is 17.5 Å². The molecule has 1 aliphatic rings. The number of rotatable bonds is 3. The molecule has 0 aromatic heterocycles. The molecule has 1 fully saturated rings. The zero-order valence-corrected chi connectivity index (χ0v) is 11.7. The Morgan fingerprint density at radius 2 is 2.20 bits per heavy atom. The fourth-order valence-corrected chi connectivity index (χ4v) is 3.06. The fourth-order valence-electron chi connectivity index (χ4n) is 2.02. The second-order valence-electron chi connectivity index (χ2n) is 4.31. The van der Waals surface area contributed by atoms with Gasteiger partial charge in [0.05, 0.1) is 12.7 Å². The van der Waals surface area contributed by atoms with Gasteiger partial charge in [-0.2, -0.15) is 11.8 Å². The number of carboxylic acid groups (broad SMARTS) is 1. The van der Waals surface area contributed by atoms with Gasteiger partial charge in [-0.25, -0.2) is 4.79 Å². The summed E-state index contributed by atoms with van der Waals surface area (Å²) in [4.78, 5) is 24.9. The maximum absolute atomic E-state index is 12.4. The van der Waals surface area contributed by atoms with Crippen molar-refractivity contribution < 1.29 is 24.5 Å². The molecule has 108 valence electrons. The second kappa shape index (κ2) is 6.04. The minimum Gasteiger partial charge on any atom is -0.507 e. The van der Waals surface area contributed by atoms with Crippen LogP contribution in [0.3, 0.4) is 0 Å². The molecule has 0 radical (unpaired) electrons. The number of methoxy groups -OCH3 is 1. The zero-order chi connectivity index (χ0) is 14.7. The SMILES string of the molecule is COc1ccc(O)c(C(=O)N2CCSCC2C(=O)O)c1. The second-order valence-corrected chi connectivity index (χ2v) is 5.46. The van der Waals surface area contributed by atoms with Gasteiger partial charge >= 0.3 is 5.97 Å². The van der Waals surface area contributed by atoms with E-state index in [2.05, 4.69) is 0 Å². The summed E-state index contributed by atoms with van der Waals surface area (Å²) < 4.78 is 5.02. The molecule has 0 aliphatic carbocycles. The van der Waals surface area contributed by atoms with E-state index in [0.717, 1.165) is 0 Å². The van der Waals surface area contributed by atoms with Gasteiger partial charge in [-0.1, -0.05) is 0 Å². The molecule has 1 amide bonds. The van der Waals surface area contributed by atoms with Crippen molar-refractivity contribution in [3.05, 3.63) is 23.8 Å². The molecule has 20 heavy (non-hydrogen) atoms. The number of hydrogen-bond donors (Lipinski definition) is 2. The Kier molecular flexibility index (Phi) is 4.39. The van der Waals surface area contributed by atoms with Crippen LogP contribution >= 0.6 is 11.8 Å². The smallest absolute Gasteiger partial charge is 0.327 e. The van der Waals surface area contributed by atoms with Crippen molar-refractivity contribution in [3.8, 4) is 11.5 Å². The molecule has 1 unspecified atom stereocenters. The first kappa shape index (κ1) is 14.5. The Balaban J connectivity index is 2.31. The highest BCUT2D eigenvalue weighted by Crippen LogP contribution is 2.27. The standard InChI is InChI=1S/C13H15NO5S/c1-19-8-2-3-11(15)9(6-8)12(16)14-4-5-20-7-10(14)13(17)18/h2-3,6,10,15H,4-5,7H2,1H3,(H,17,18). The summed E-state index contributed by atoms with van der Waals surface area (Å²) in [5.41, 5.74) is 0.0579. The Bertz CT molecular complexity index is 533. The molecule has 1 atom stereocenters. The third-order valence-electron chi connectivity index (χ3n) is 3.11. The Labute approximate surface area is 120 Å². The van der Waals surface area contributed by atoms with Crippen LogP contribution in [-0.4, -0.2) is 58.2 Å². The van der Waals surface area contributed by atoms with Crippen molar-refractivity contribution in [1.82, 2.24) is 4.90 Å². The van der Waals surface area contributed by atoms with Crippen LogP contribution in [0.1, 0.15) is 10.4 Å². The molecule has 2 rings (SSSR count). The maximum atomic E-state index is 12.4. The minimum absolute atomic E-state index is 0.0579. The number of ether oxygens (including phenoxy) is 1. The average molecular weight is 297 g/mol. The molecule has 0 spiro atoms. The molecule has 7 heteroatoms. The largest absolute Gasteiger partial charge is 0.507 e. The first-order chi connectivity index (χ1) is 9.54. The summed E-state index contributed by atoms with van der Waals surface area (Å²) >= 11 is 1.50. The number of amides is 1. The summed E-state index contributed by atoms with van der Waals surface area (Å²) in [6, 6.07) is 3.44. The number of nitrogens with zero attached hydrogens (tertiary/aromatic N) is 1. The lowest BCUT2D eigenvalue weighted by Gasteiger charge is -2.32. The Hall–Kier alpha value is -1.89. The number of carbonyl (C=O) groups excluding carboxylic acids is 1. The highest BCUT2D eigenvalue weighted by molar-refractivity contribution is 7.99. The summed E-state index contributed by atoms with van der Waals surface area (Å²) in [6.07, 6.45) is 0. The predicted octanol–water partition coefficient (Wildman–Crippen LogP) is 1.04. The van der Waals surface area contributed by atoms with Gasteiger partial charge in [-0.05, 0) is 18.2 Å². The van der Waals surface area contributed by atoms with Gasteiger partial charge in [-0.3, -0.25) is 4.79 Å². The number of phenols is 1. The van der Waals surface area contributed by atoms with Crippen LogP contribution in [0.25, 0.3) is 0 Å². The zero-order valence-electron chi connectivity index (χ0n) is 10.9. The van der Waals surface area contributed by atoms with Crippen molar-refractivity contribution in [2.75, 3.05) is 25.2 Å². The van der Waals surface area contributed by atoms with Crippen LogP contribution in [-0.2, 0) is 4.79 Å². The van der Waals surface area contributed by atoms with E-state index in [1.807, 2.05) is 0 Å². The summed E-state index contributed by atoms with van der Waals surface area (Å²) in [7, 11) is 1.46. The van der Waals surface area contributed by atoms with Crippen molar-refractivity contribution in [1.29, 1.82) is 0 Å². The molecule has 0 saturated carbocycles. The number of thioether (sulfide) groups is 1. The quantitative estimate of drug-likeness (QED) is 0.867. The predicted molar refractivity (Wildman–Crippen MR) is 74.4 cm³/mol. The molecular weight excluding hydrogens is 282 g/mol. The average Bonchev–Trinajstić information content (AvgIpc) is 2.47. The van der Waals surface area contributed by atoms with Gasteiger partial charge < -0.3 is 19.8 Å². The molecule has 0 bridgehead atoms.